The summed E-state index contributed by atoms with van der Waals surface area (Å²) < 4.78 is 0. The highest BCUT2D eigenvalue weighted by Gasteiger charge is 2.69. The second-order valence-corrected chi connectivity index (χ2v) is 14.8. The molecule has 4 fully saturated rings. The third-order valence-corrected chi connectivity index (χ3v) is 13.1. The Morgan fingerprint density at radius 3 is 2.14 bits per heavy atom. The Morgan fingerprint density at radius 1 is 0.829 bits per heavy atom. The Balaban J connectivity index is 1.58. The van der Waals surface area contributed by atoms with Gasteiger partial charge in [-0.25, -0.2) is 0 Å². The quantitative estimate of drug-likeness (QED) is 0.398. The van der Waals surface area contributed by atoms with Gasteiger partial charge >= 0.3 is 11.9 Å². The zero-order valence-corrected chi connectivity index (χ0v) is 22.6. The molecule has 5 nitrogen and oxygen atoms in total. The summed E-state index contributed by atoms with van der Waals surface area (Å²) in [7, 11) is 0. The number of aliphatic hydroxyl groups is 1. The number of hydrogen-bond acceptors (Lipinski definition) is 3. The number of fused-ring (bicyclic) bond motifs is 7. The molecular weight excluding hydrogens is 440 g/mol. The summed E-state index contributed by atoms with van der Waals surface area (Å²) in [6.07, 6.45) is 9.95. The first kappa shape index (κ1) is 25.3. The number of aliphatic hydroxyl groups excluding tert-OH is 1. The van der Waals surface area contributed by atoms with Crippen molar-refractivity contribution in [1.82, 2.24) is 0 Å². The van der Waals surface area contributed by atoms with Crippen LogP contribution in [0.1, 0.15) is 106 Å². The minimum atomic E-state index is -0.878. The molecule has 5 aliphatic rings. The molecule has 5 heteroatoms. The van der Waals surface area contributed by atoms with Crippen LogP contribution in [-0.2, 0) is 9.59 Å². The van der Waals surface area contributed by atoms with Crippen molar-refractivity contribution >= 4 is 11.9 Å². The van der Waals surface area contributed by atoms with Gasteiger partial charge in [0.25, 0.3) is 0 Å². The third-order valence-electron chi connectivity index (χ3n) is 13.1. The molecule has 0 heterocycles. The molecule has 4 saturated carbocycles. The van der Waals surface area contributed by atoms with Crippen LogP contribution in [-0.4, -0.2) is 33.4 Å². The van der Waals surface area contributed by atoms with Crippen molar-refractivity contribution in [2.45, 2.75) is 112 Å². The zero-order valence-electron chi connectivity index (χ0n) is 22.6. The number of allylic oxidation sites excluding steroid dienone is 2. The largest absolute Gasteiger partial charge is 0.481 e. The van der Waals surface area contributed by atoms with E-state index in [4.69, 9.17) is 0 Å². The van der Waals surface area contributed by atoms with Crippen molar-refractivity contribution in [3.05, 3.63) is 11.6 Å². The second kappa shape index (κ2) is 7.36. The topological polar surface area (TPSA) is 94.8 Å². The van der Waals surface area contributed by atoms with Crippen molar-refractivity contribution in [2.75, 3.05) is 0 Å². The summed E-state index contributed by atoms with van der Waals surface area (Å²) in [6.45, 7) is 13.4. The number of carboxylic acids is 2. The van der Waals surface area contributed by atoms with Crippen LogP contribution in [0.5, 0.6) is 0 Å². The Bertz CT molecular complexity index is 983. The molecule has 35 heavy (non-hydrogen) atoms. The van der Waals surface area contributed by atoms with Crippen LogP contribution >= 0.6 is 0 Å². The zero-order chi connectivity index (χ0) is 25.8. The summed E-state index contributed by atoms with van der Waals surface area (Å²) in [5, 5.41) is 31.5. The van der Waals surface area contributed by atoms with E-state index in [9.17, 15) is 24.9 Å². The van der Waals surface area contributed by atoms with Gasteiger partial charge in [0.15, 0.2) is 0 Å². The van der Waals surface area contributed by atoms with Gasteiger partial charge in [0, 0.05) is 0 Å². The van der Waals surface area contributed by atoms with Crippen LogP contribution < -0.4 is 0 Å². The molecule has 5 aliphatic carbocycles. The first-order valence-corrected chi connectivity index (χ1v) is 13.9. The van der Waals surface area contributed by atoms with E-state index >= 15 is 0 Å². The van der Waals surface area contributed by atoms with Crippen LogP contribution in [0.2, 0.25) is 0 Å². The van der Waals surface area contributed by atoms with E-state index in [2.05, 4.69) is 40.7 Å². The Morgan fingerprint density at radius 2 is 1.51 bits per heavy atom. The average molecular weight is 487 g/mol. The lowest BCUT2D eigenvalue weighted by molar-refractivity contribution is -0.196. The first-order chi connectivity index (χ1) is 16.1. The minimum absolute atomic E-state index is 0.0112. The van der Waals surface area contributed by atoms with Gasteiger partial charge in [0.05, 0.1) is 16.9 Å². The SMILES string of the molecule is CC1(C(=O)O)CCC2(C(=O)O)CC=C3C(CCC4C3(C)CCC3C(C)(C)C(O)CCC43C)C2(C)C1. The molecule has 0 aromatic rings. The molecule has 0 saturated heterocycles. The summed E-state index contributed by atoms with van der Waals surface area (Å²) in [6, 6.07) is 0. The van der Waals surface area contributed by atoms with Gasteiger partial charge in [0.2, 0.25) is 0 Å². The molecule has 0 aliphatic heterocycles. The number of rotatable bonds is 2. The van der Waals surface area contributed by atoms with Crippen LogP contribution in [0, 0.1) is 50.2 Å². The van der Waals surface area contributed by atoms with Crippen molar-refractivity contribution < 1.29 is 24.9 Å². The van der Waals surface area contributed by atoms with Crippen molar-refractivity contribution in [2.24, 2.45) is 50.2 Å². The average Bonchev–Trinajstić information content (AvgIpc) is 2.75. The maximum Gasteiger partial charge on any atom is 0.310 e. The first-order valence-electron chi connectivity index (χ1n) is 13.9. The van der Waals surface area contributed by atoms with Gasteiger partial charge in [-0.3, -0.25) is 9.59 Å². The minimum Gasteiger partial charge on any atom is -0.481 e. The second-order valence-electron chi connectivity index (χ2n) is 14.8. The van der Waals surface area contributed by atoms with E-state index < -0.39 is 28.2 Å². The molecule has 0 amide bonds. The molecule has 5 rings (SSSR count). The molecule has 3 N–H and O–H groups in total. The molecule has 9 unspecified atom stereocenters. The molecule has 0 radical (unpaired) electrons. The summed E-state index contributed by atoms with van der Waals surface area (Å²) in [5.41, 5.74) is -0.807. The lowest BCUT2D eigenvalue weighted by atomic mass is 9.35. The monoisotopic (exact) mass is 486 g/mol. The number of hydrogen-bond donors (Lipinski definition) is 3. The van der Waals surface area contributed by atoms with Gasteiger partial charge < -0.3 is 15.3 Å². The summed E-state index contributed by atoms with van der Waals surface area (Å²) in [5.74, 6) is -0.414. The molecule has 196 valence electrons. The molecule has 0 aromatic heterocycles. The highest BCUT2D eigenvalue weighted by Crippen LogP contribution is 2.74. The molecule has 0 bridgehead atoms. The Kier molecular flexibility index (Phi) is 5.32. The Hall–Kier alpha value is -1.36. The highest BCUT2D eigenvalue weighted by atomic mass is 16.4. The van der Waals surface area contributed by atoms with Crippen LogP contribution in [0.4, 0.5) is 0 Å². The van der Waals surface area contributed by atoms with E-state index in [-0.39, 0.29) is 28.3 Å². The van der Waals surface area contributed by atoms with Crippen LogP contribution in [0.3, 0.4) is 0 Å². The van der Waals surface area contributed by atoms with Gasteiger partial charge in [0.1, 0.15) is 0 Å². The molecule has 9 atom stereocenters. The summed E-state index contributed by atoms with van der Waals surface area (Å²) >= 11 is 0. The fourth-order valence-corrected chi connectivity index (χ4v) is 11.0. The number of aliphatic carboxylic acids is 2. The van der Waals surface area contributed by atoms with Gasteiger partial charge in [-0.15, -0.1) is 0 Å². The lowest BCUT2D eigenvalue weighted by Crippen LogP contribution is -2.64. The van der Waals surface area contributed by atoms with Gasteiger partial charge in [-0.1, -0.05) is 46.3 Å². The Labute approximate surface area is 210 Å². The van der Waals surface area contributed by atoms with E-state index in [1.165, 1.54) is 5.57 Å². The lowest BCUT2D eigenvalue weighted by Gasteiger charge is -2.69. The van der Waals surface area contributed by atoms with Crippen molar-refractivity contribution in [3.63, 3.8) is 0 Å². The highest BCUT2D eigenvalue weighted by molar-refractivity contribution is 5.80. The summed E-state index contributed by atoms with van der Waals surface area (Å²) in [4.78, 5) is 25.2. The smallest absolute Gasteiger partial charge is 0.310 e. The third kappa shape index (κ3) is 2.97. The number of carbonyl (C=O) groups is 2. The fourth-order valence-electron chi connectivity index (χ4n) is 11.0. The van der Waals surface area contributed by atoms with E-state index in [0.29, 0.717) is 37.5 Å². The molecular formula is C30H46O5. The van der Waals surface area contributed by atoms with Gasteiger partial charge in [-0.2, -0.15) is 0 Å². The van der Waals surface area contributed by atoms with Crippen LogP contribution in [0.25, 0.3) is 0 Å². The van der Waals surface area contributed by atoms with E-state index in [0.717, 1.165) is 38.5 Å². The van der Waals surface area contributed by atoms with Gasteiger partial charge in [-0.05, 0) is 111 Å². The van der Waals surface area contributed by atoms with Crippen LogP contribution in [0.15, 0.2) is 11.6 Å². The van der Waals surface area contributed by atoms with E-state index in [1.54, 1.807) is 0 Å². The number of carboxylic acid groups (broad SMARTS) is 2. The molecule has 0 spiro atoms. The predicted molar refractivity (Wildman–Crippen MR) is 135 cm³/mol. The normalized spacial score (nSPS) is 52.7. The van der Waals surface area contributed by atoms with Crippen molar-refractivity contribution in [3.8, 4) is 0 Å². The maximum atomic E-state index is 12.9. The predicted octanol–water partition coefficient (Wildman–Crippen LogP) is 6.30. The molecule has 0 aromatic carbocycles. The van der Waals surface area contributed by atoms with E-state index in [1.807, 2.05) is 6.92 Å². The standard InChI is InChI=1S/C30H46O5/c1-25(2)20-10-12-27(4)18-9-14-30(24(34)35)16-15-26(3,23(32)33)17-29(30,6)19(18)7-8-21(27)28(20,5)13-11-22(25)31/h9,19-22,31H,7-8,10-17H2,1-6H3,(H,32,33)(H,34,35). The maximum absolute atomic E-state index is 12.9. The van der Waals surface area contributed by atoms with Crippen molar-refractivity contribution in [1.29, 1.82) is 0 Å². The fraction of sp³-hybridized carbons (Fsp3) is 0.867.